The second-order valence-electron chi connectivity index (χ2n) is 10.6. The Morgan fingerprint density at radius 2 is 1.81 bits per heavy atom. The Morgan fingerprint density at radius 3 is 2.52 bits per heavy atom. The second kappa shape index (κ2) is 12.6. The molecular weight excluding hydrogens is 551 g/mol. The minimum atomic E-state index is -4.09. The summed E-state index contributed by atoms with van der Waals surface area (Å²) in [6.45, 7) is 4.30. The average molecular weight is 589 g/mol. The van der Waals surface area contributed by atoms with Crippen LogP contribution >= 0.6 is 0 Å². The Kier molecular flexibility index (Phi) is 8.89. The number of imidazole rings is 1. The van der Waals surface area contributed by atoms with Crippen LogP contribution in [0.4, 0.5) is 10.1 Å². The van der Waals surface area contributed by atoms with Gasteiger partial charge in [0.05, 0.1) is 6.54 Å². The number of nitrogens with one attached hydrogen (secondary N) is 1. The number of carbonyl (C=O) groups excluding carboxylic acids is 1. The molecule has 9 heteroatoms. The summed E-state index contributed by atoms with van der Waals surface area (Å²) in [5.41, 5.74) is 3.69. The molecule has 1 fully saturated rings. The van der Waals surface area contributed by atoms with Crippen molar-refractivity contribution in [3.8, 4) is 0 Å². The number of hydrogen-bond acceptors (Lipinski definition) is 4. The smallest absolute Gasteiger partial charge is 0.244 e. The van der Waals surface area contributed by atoms with Crippen molar-refractivity contribution in [3.63, 3.8) is 0 Å². The number of sulfonamides is 1. The summed E-state index contributed by atoms with van der Waals surface area (Å²) in [5, 5.41) is 0. The van der Waals surface area contributed by atoms with E-state index in [0.717, 1.165) is 47.8 Å². The van der Waals surface area contributed by atoms with E-state index >= 15 is 0 Å². The van der Waals surface area contributed by atoms with Gasteiger partial charge in [0.2, 0.25) is 15.9 Å². The minimum absolute atomic E-state index is 0.0242. The fourth-order valence-electron chi connectivity index (χ4n) is 5.71. The molecule has 1 saturated carbocycles. The number of aromatic nitrogens is 2. The lowest BCUT2D eigenvalue weighted by atomic mass is 9.87. The van der Waals surface area contributed by atoms with Gasteiger partial charge in [-0.25, -0.2) is 22.5 Å². The van der Waals surface area contributed by atoms with Gasteiger partial charge in [-0.1, -0.05) is 62.4 Å². The van der Waals surface area contributed by atoms with Crippen LogP contribution in [0.5, 0.6) is 0 Å². The van der Waals surface area contributed by atoms with Crippen molar-refractivity contribution in [3.05, 3.63) is 114 Å². The molecule has 4 aromatic rings. The van der Waals surface area contributed by atoms with Crippen molar-refractivity contribution in [1.29, 1.82) is 0 Å². The lowest BCUT2D eigenvalue weighted by Crippen LogP contribution is -2.34. The highest BCUT2D eigenvalue weighted by atomic mass is 32.2. The van der Waals surface area contributed by atoms with E-state index < -0.39 is 21.9 Å². The van der Waals surface area contributed by atoms with Gasteiger partial charge < -0.3 is 9.47 Å². The number of nitrogens with zero attached hydrogens (tertiary/aromatic N) is 3. The zero-order chi connectivity index (χ0) is 29.9. The highest BCUT2D eigenvalue weighted by molar-refractivity contribution is 7.89. The molecule has 0 spiro atoms. The van der Waals surface area contributed by atoms with Crippen molar-refractivity contribution in [2.24, 2.45) is 13.0 Å². The number of fused-ring (bicyclic) bond motifs is 1. The van der Waals surface area contributed by atoms with E-state index in [1.165, 1.54) is 18.2 Å². The van der Waals surface area contributed by atoms with Crippen LogP contribution in [0.3, 0.4) is 0 Å². The van der Waals surface area contributed by atoms with E-state index in [-0.39, 0.29) is 22.6 Å². The van der Waals surface area contributed by atoms with Gasteiger partial charge >= 0.3 is 0 Å². The van der Waals surface area contributed by atoms with Crippen LogP contribution in [0.2, 0.25) is 0 Å². The highest BCUT2D eigenvalue weighted by Crippen LogP contribution is 2.49. The molecule has 1 amide bonds. The first-order valence-corrected chi connectivity index (χ1v) is 16.0. The summed E-state index contributed by atoms with van der Waals surface area (Å²) < 4.78 is 45.3. The molecule has 2 aliphatic rings. The topological polar surface area (TPSA) is 84.3 Å². The van der Waals surface area contributed by atoms with Crippen LogP contribution in [0, 0.1) is 11.7 Å². The Labute approximate surface area is 247 Å². The minimum Gasteiger partial charge on any atom is -0.337 e. The molecule has 7 nitrogen and oxygen atoms in total. The molecule has 0 bridgehead atoms. The maximum Gasteiger partial charge on any atom is 0.244 e. The van der Waals surface area contributed by atoms with Gasteiger partial charge in [-0.2, -0.15) is 0 Å². The standard InChI is InChI=1S/C31H31FN4O3S.C2H6/c1-35-17-16-33-30(35)20-36(31(37)26-19-24(26)21-8-3-2-4-9-21)23-15-14-22-10-7-12-28(25(22)18-23)34-40(38,39)29-13-6-5-11-27(29)32;1-2/h2-6,8-9,11,13-18,24,26,28,34H,7,10,12,19-20H2,1H3;1-2H3. The van der Waals surface area contributed by atoms with E-state index in [0.29, 0.717) is 18.7 Å². The zero-order valence-electron chi connectivity index (χ0n) is 24.2. The van der Waals surface area contributed by atoms with Gasteiger partial charge in [-0.05, 0) is 72.6 Å². The monoisotopic (exact) mass is 588 g/mol. The lowest BCUT2D eigenvalue weighted by Gasteiger charge is -2.29. The number of benzene rings is 3. The van der Waals surface area contributed by atoms with E-state index in [9.17, 15) is 17.6 Å². The first kappa shape index (κ1) is 29.7. The van der Waals surface area contributed by atoms with Crippen LogP contribution in [0.15, 0.2) is 90.1 Å². The molecule has 0 radical (unpaired) electrons. The van der Waals surface area contributed by atoms with Crippen LogP contribution in [0.25, 0.3) is 0 Å². The average Bonchev–Trinajstić information content (AvgIpc) is 3.71. The predicted molar refractivity (Wildman–Crippen MR) is 162 cm³/mol. The van der Waals surface area contributed by atoms with E-state index in [1.54, 1.807) is 11.1 Å². The number of carbonyl (C=O) groups is 1. The maximum absolute atomic E-state index is 14.4. The maximum atomic E-state index is 14.4. The first-order valence-electron chi connectivity index (χ1n) is 14.5. The van der Waals surface area contributed by atoms with Crippen LogP contribution in [-0.2, 0) is 34.8 Å². The summed E-state index contributed by atoms with van der Waals surface area (Å²) in [5.74, 6) is 0.0319. The molecule has 6 rings (SSSR count). The quantitative estimate of drug-likeness (QED) is 0.263. The normalized spacial score (nSPS) is 19.3. The molecule has 3 atom stereocenters. The molecule has 1 heterocycles. The van der Waals surface area contributed by atoms with E-state index in [1.807, 2.05) is 68.1 Å². The molecule has 1 aromatic heterocycles. The number of halogens is 1. The predicted octanol–water partition coefficient (Wildman–Crippen LogP) is 6.28. The molecule has 42 heavy (non-hydrogen) atoms. The van der Waals surface area contributed by atoms with Gasteiger partial charge in [0.15, 0.2) is 0 Å². The number of anilines is 1. The number of amides is 1. The van der Waals surface area contributed by atoms with Gasteiger partial charge in [0.25, 0.3) is 0 Å². The SMILES string of the molecule is CC.Cn1ccnc1CN(C(=O)C1CC1c1ccccc1)c1ccc2c(c1)C(NS(=O)(=O)c1ccccc1F)CCC2. The Hall–Kier alpha value is -3.82. The number of aryl methyl sites for hydroxylation is 2. The van der Waals surface area contributed by atoms with Crippen molar-refractivity contribution < 1.29 is 17.6 Å². The van der Waals surface area contributed by atoms with Gasteiger partial charge in [-0.3, -0.25) is 4.79 Å². The van der Waals surface area contributed by atoms with Gasteiger partial charge in [0.1, 0.15) is 16.5 Å². The Bertz CT molecular complexity index is 1650. The third-order valence-electron chi connectivity index (χ3n) is 8.00. The zero-order valence-corrected chi connectivity index (χ0v) is 25.0. The summed E-state index contributed by atoms with van der Waals surface area (Å²) >= 11 is 0. The van der Waals surface area contributed by atoms with Crippen molar-refractivity contribution in [1.82, 2.24) is 14.3 Å². The first-order chi connectivity index (χ1) is 20.3. The van der Waals surface area contributed by atoms with Gasteiger partial charge in [0, 0.05) is 37.1 Å². The number of hydrogen-bond donors (Lipinski definition) is 1. The third kappa shape index (κ3) is 6.17. The molecule has 1 N–H and O–H groups in total. The molecule has 2 aliphatic carbocycles. The highest BCUT2D eigenvalue weighted by Gasteiger charge is 2.46. The van der Waals surface area contributed by atoms with E-state index in [4.69, 9.17) is 0 Å². The van der Waals surface area contributed by atoms with Crippen molar-refractivity contribution in [2.45, 2.75) is 62.9 Å². The lowest BCUT2D eigenvalue weighted by molar-refractivity contribution is -0.120. The molecule has 3 aromatic carbocycles. The van der Waals surface area contributed by atoms with Crippen LogP contribution < -0.4 is 9.62 Å². The summed E-state index contributed by atoms with van der Waals surface area (Å²) in [7, 11) is -2.19. The van der Waals surface area contributed by atoms with Crippen LogP contribution in [0.1, 0.15) is 67.6 Å². The summed E-state index contributed by atoms with van der Waals surface area (Å²) in [4.78, 5) is 19.8. The fourth-order valence-corrected chi connectivity index (χ4v) is 7.04. The van der Waals surface area contributed by atoms with E-state index in [2.05, 4.69) is 21.8 Å². The molecule has 3 unspecified atom stereocenters. The van der Waals surface area contributed by atoms with Crippen molar-refractivity contribution >= 4 is 21.6 Å². The summed E-state index contributed by atoms with van der Waals surface area (Å²) in [6, 6.07) is 20.8. The van der Waals surface area contributed by atoms with Crippen molar-refractivity contribution in [2.75, 3.05) is 4.90 Å². The Morgan fingerprint density at radius 1 is 1.07 bits per heavy atom. The van der Waals surface area contributed by atoms with Crippen LogP contribution in [-0.4, -0.2) is 23.9 Å². The summed E-state index contributed by atoms with van der Waals surface area (Å²) in [6.07, 6.45) is 6.53. The molecular formula is C33H37FN4O3S. The van der Waals surface area contributed by atoms with Gasteiger partial charge in [-0.15, -0.1) is 0 Å². The third-order valence-corrected chi connectivity index (χ3v) is 9.51. The largest absolute Gasteiger partial charge is 0.337 e. The molecule has 0 saturated heterocycles. The second-order valence-corrected chi connectivity index (χ2v) is 12.3. The fraction of sp³-hybridized carbons (Fsp3) is 0.333. The molecule has 220 valence electrons. The Balaban J connectivity index is 0.00000173. The molecule has 0 aliphatic heterocycles. The number of rotatable bonds is 8.